The zero-order valence-electron chi connectivity index (χ0n) is 13.2. The number of hydrogen-bond donors (Lipinski definition) is 1. The molecule has 0 aliphatic rings. The minimum Gasteiger partial charge on any atom is -0.484 e. The van der Waals surface area contributed by atoms with Crippen LogP contribution < -0.4 is 10.1 Å². The van der Waals surface area contributed by atoms with E-state index >= 15 is 0 Å². The lowest BCUT2D eigenvalue weighted by Gasteiger charge is -2.27. The van der Waals surface area contributed by atoms with Gasteiger partial charge in [-0.1, -0.05) is 13.8 Å². The summed E-state index contributed by atoms with van der Waals surface area (Å²) in [7, 11) is 0. The zero-order valence-corrected chi connectivity index (χ0v) is 13.2. The minimum atomic E-state index is -0.912. The van der Waals surface area contributed by atoms with E-state index in [2.05, 4.69) is 26.9 Å². The van der Waals surface area contributed by atoms with Crippen LogP contribution >= 0.6 is 0 Å². The number of carbonyl (C=O) groups excluding carboxylic acids is 1. The Balaban J connectivity index is 1.91. The molecule has 1 amide bonds. The smallest absolute Gasteiger partial charge is 0.259 e. The normalized spacial score (nSPS) is 13.2. The second-order valence-corrected chi connectivity index (χ2v) is 5.55. The molecule has 8 nitrogen and oxygen atoms in total. The molecule has 1 N–H and O–H groups in total. The summed E-state index contributed by atoms with van der Waals surface area (Å²) in [6.45, 7) is 5.29. The van der Waals surface area contributed by atoms with Crippen molar-refractivity contribution in [3.8, 4) is 17.5 Å². The Morgan fingerprint density at radius 1 is 1.43 bits per heavy atom. The first kappa shape index (κ1) is 16.4. The number of nitrogens with one attached hydrogen (secondary N) is 1. The topological polar surface area (TPSA) is 106 Å². The summed E-state index contributed by atoms with van der Waals surface area (Å²) >= 11 is 0. The summed E-state index contributed by atoms with van der Waals surface area (Å²) in [6, 6.07) is 9.11. The first-order chi connectivity index (χ1) is 10.9. The third-order valence-electron chi connectivity index (χ3n) is 3.61. The lowest BCUT2D eigenvalue weighted by Crippen LogP contribution is -2.50. The Morgan fingerprint density at radius 2 is 2.13 bits per heavy atom. The number of nitriles is 1. The van der Waals surface area contributed by atoms with Crippen LogP contribution in [0.2, 0.25) is 0 Å². The van der Waals surface area contributed by atoms with Gasteiger partial charge in [-0.25, -0.2) is 4.68 Å². The predicted octanol–water partition coefficient (Wildman–Crippen LogP) is 1.10. The minimum absolute atomic E-state index is 0.00739. The van der Waals surface area contributed by atoms with Crippen LogP contribution in [-0.4, -0.2) is 38.3 Å². The molecule has 2 rings (SSSR count). The second kappa shape index (κ2) is 6.87. The van der Waals surface area contributed by atoms with Crippen molar-refractivity contribution in [2.45, 2.75) is 26.3 Å². The van der Waals surface area contributed by atoms with Gasteiger partial charge in [0.25, 0.3) is 5.91 Å². The molecule has 0 unspecified atom stereocenters. The number of aromatic nitrogens is 4. The van der Waals surface area contributed by atoms with Crippen molar-refractivity contribution in [3.63, 3.8) is 0 Å². The average Bonchev–Trinajstić information content (AvgIpc) is 3.07. The van der Waals surface area contributed by atoms with E-state index in [1.807, 2.05) is 13.8 Å². The van der Waals surface area contributed by atoms with Crippen molar-refractivity contribution in [3.05, 3.63) is 30.6 Å². The van der Waals surface area contributed by atoms with Crippen LogP contribution in [0.3, 0.4) is 0 Å². The van der Waals surface area contributed by atoms with Crippen LogP contribution in [0, 0.1) is 17.2 Å². The third-order valence-corrected chi connectivity index (χ3v) is 3.61. The number of carbonyl (C=O) groups is 1. The second-order valence-electron chi connectivity index (χ2n) is 5.55. The molecule has 0 saturated carbocycles. The van der Waals surface area contributed by atoms with Crippen LogP contribution in [0.1, 0.15) is 20.8 Å². The number of amides is 1. The third kappa shape index (κ3) is 4.03. The Morgan fingerprint density at radius 3 is 2.65 bits per heavy atom. The van der Waals surface area contributed by atoms with Gasteiger partial charge in [-0.15, -0.1) is 5.10 Å². The summed E-state index contributed by atoms with van der Waals surface area (Å²) in [5.41, 5.74) is -0.131. The van der Waals surface area contributed by atoms with Gasteiger partial charge in [-0.3, -0.25) is 4.79 Å². The molecule has 1 atom stereocenters. The summed E-state index contributed by atoms with van der Waals surface area (Å²) in [5.74, 6) is 0.194. The maximum atomic E-state index is 11.9. The molecule has 0 spiro atoms. The van der Waals surface area contributed by atoms with E-state index in [0.717, 1.165) is 5.69 Å². The molecule has 1 aromatic heterocycles. The van der Waals surface area contributed by atoms with Crippen molar-refractivity contribution >= 4 is 5.91 Å². The molecular weight excluding hydrogens is 296 g/mol. The van der Waals surface area contributed by atoms with Crippen molar-refractivity contribution in [2.75, 3.05) is 6.61 Å². The molecule has 0 aliphatic heterocycles. The lowest BCUT2D eigenvalue weighted by molar-refractivity contribution is -0.124. The number of benzene rings is 1. The highest BCUT2D eigenvalue weighted by atomic mass is 16.5. The van der Waals surface area contributed by atoms with E-state index < -0.39 is 5.54 Å². The number of ether oxygens (including phenoxy) is 1. The van der Waals surface area contributed by atoms with E-state index in [9.17, 15) is 10.1 Å². The molecule has 0 fully saturated rings. The van der Waals surface area contributed by atoms with Gasteiger partial charge in [0.05, 0.1) is 11.8 Å². The van der Waals surface area contributed by atoms with Crippen LogP contribution in [0.4, 0.5) is 0 Å². The van der Waals surface area contributed by atoms with E-state index in [0.29, 0.717) is 5.75 Å². The summed E-state index contributed by atoms with van der Waals surface area (Å²) in [4.78, 5) is 11.9. The quantitative estimate of drug-likeness (QED) is 0.855. The fourth-order valence-electron chi connectivity index (χ4n) is 1.75. The van der Waals surface area contributed by atoms with Crippen LogP contribution in [0.15, 0.2) is 30.6 Å². The molecule has 1 heterocycles. The predicted molar refractivity (Wildman–Crippen MR) is 81.6 cm³/mol. The highest BCUT2D eigenvalue weighted by Gasteiger charge is 2.29. The van der Waals surface area contributed by atoms with E-state index in [1.54, 1.807) is 31.2 Å². The molecule has 0 saturated heterocycles. The number of rotatable bonds is 6. The first-order valence-electron chi connectivity index (χ1n) is 7.13. The molecule has 2 aromatic rings. The summed E-state index contributed by atoms with van der Waals surface area (Å²) in [5, 5.41) is 22.8. The fraction of sp³-hybridized carbons (Fsp3) is 0.400. The van der Waals surface area contributed by atoms with Crippen molar-refractivity contribution in [1.82, 2.24) is 25.5 Å². The van der Waals surface area contributed by atoms with Crippen LogP contribution in [0.5, 0.6) is 5.75 Å². The van der Waals surface area contributed by atoms with Gasteiger partial charge in [-0.05, 0) is 47.5 Å². The van der Waals surface area contributed by atoms with Gasteiger partial charge in [0.15, 0.2) is 6.61 Å². The highest BCUT2D eigenvalue weighted by Crippen LogP contribution is 2.16. The van der Waals surface area contributed by atoms with Gasteiger partial charge in [0.1, 0.15) is 17.6 Å². The van der Waals surface area contributed by atoms with Crippen molar-refractivity contribution < 1.29 is 9.53 Å². The van der Waals surface area contributed by atoms with Gasteiger partial charge >= 0.3 is 0 Å². The van der Waals surface area contributed by atoms with Crippen LogP contribution in [0.25, 0.3) is 5.69 Å². The number of hydrogen-bond acceptors (Lipinski definition) is 6. The summed E-state index contributed by atoms with van der Waals surface area (Å²) in [6.07, 6.45) is 1.48. The fourth-order valence-corrected chi connectivity index (χ4v) is 1.75. The molecule has 120 valence electrons. The largest absolute Gasteiger partial charge is 0.484 e. The van der Waals surface area contributed by atoms with Gasteiger partial charge in [0, 0.05) is 0 Å². The standard InChI is InChI=1S/C15H18N6O2/c1-11(2)15(3,9-16)18-14(22)8-23-13-6-4-12(5-7-13)21-10-17-19-20-21/h4-7,10-11H,8H2,1-3H3,(H,18,22)/t15-/m1/s1. The average molecular weight is 314 g/mol. The number of tetrazole rings is 1. The molecule has 8 heteroatoms. The highest BCUT2D eigenvalue weighted by molar-refractivity contribution is 5.78. The maximum absolute atomic E-state index is 11.9. The Hall–Kier alpha value is -2.95. The molecule has 0 aliphatic carbocycles. The van der Waals surface area contributed by atoms with E-state index in [-0.39, 0.29) is 18.4 Å². The Labute approximate surface area is 134 Å². The zero-order chi connectivity index (χ0) is 16.9. The maximum Gasteiger partial charge on any atom is 0.259 e. The monoisotopic (exact) mass is 314 g/mol. The van der Waals surface area contributed by atoms with Crippen LogP contribution in [-0.2, 0) is 4.79 Å². The molecule has 0 bridgehead atoms. The molecule has 1 aromatic carbocycles. The van der Waals surface area contributed by atoms with Gasteiger partial charge in [-0.2, -0.15) is 5.26 Å². The van der Waals surface area contributed by atoms with Crippen molar-refractivity contribution in [1.29, 1.82) is 5.26 Å². The molecule has 23 heavy (non-hydrogen) atoms. The molecule has 0 radical (unpaired) electrons. The summed E-state index contributed by atoms with van der Waals surface area (Å²) < 4.78 is 6.94. The van der Waals surface area contributed by atoms with Gasteiger partial charge < -0.3 is 10.1 Å². The first-order valence-corrected chi connectivity index (χ1v) is 7.13. The Bertz CT molecular complexity index is 690. The van der Waals surface area contributed by atoms with Gasteiger partial charge in [0.2, 0.25) is 0 Å². The van der Waals surface area contributed by atoms with Crippen molar-refractivity contribution in [2.24, 2.45) is 5.92 Å². The van der Waals surface area contributed by atoms with E-state index in [1.165, 1.54) is 11.0 Å². The SMILES string of the molecule is CC(C)[C@@](C)(C#N)NC(=O)COc1ccc(-n2cnnn2)cc1. The Kier molecular flexibility index (Phi) is 4.91. The number of nitrogens with zero attached hydrogens (tertiary/aromatic N) is 5. The lowest BCUT2D eigenvalue weighted by atomic mass is 9.90. The molecular formula is C15H18N6O2. The van der Waals surface area contributed by atoms with E-state index in [4.69, 9.17) is 4.74 Å².